The van der Waals surface area contributed by atoms with Crippen LogP contribution in [0.5, 0.6) is 0 Å². The second kappa shape index (κ2) is 7.21. The smallest absolute Gasteiger partial charge is 0.374 e. The number of esters is 1. The van der Waals surface area contributed by atoms with E-state index in [0.29, 0.717) is 27.0 Å². The molecule has 1 unspecified atom stereocenters. The van der Waals surface area contributed by atoms with Crippen molar-refractivity contribution in [3.05, 3.63) is 28.0 Å². The minimum absolute atomic E-state index is 0.203. The van der Waals surface area contributed by atoms with E-state index in [1.54, 1.807) is 13.0 Å². The van der Waals surface area contributed by atoms with Crippen molar-refractivity contribution in [1.29, 1.82) is 0 Å². The van der Waals surface area contributed by atoms with Gasteiger partial charge in [0, 0.05) is 26.6 Å². The van der Waals surface area contributed by atoms with Crippen molar-refractivity contribution in [2.24, 2.45) is 0 Å². The Labute approximate surface area is 130 Å². The van der Waals surface area contributed by atoms with Gasteiger partial charge in [0.1, 0.15) is 0 Å². The van der Waals surface area contributed by atoms with E-state index in [2.05, 4.69) is 9.97 Å². The number of fused-ring (bicyclic) bond motifs is 1. The van der Waals surface area contributed by atoms with Gasteiger partial charge in [0.25, 0.3) is 0 Å². The zero-order valence-corrected chi connectivity index (χ0v) is 14.0. The number of rotatable bonds is 6. The fraction of sp³-hybridized carbons (Fsp3) is 0.429. The standard InChI is InChI=1S/C14H18ClN2O3P/c1-4-19-14(18)13-16-11-6-10(15)8(3)9(12(11)17-13)7-21-20-5-2/h6,21H,4-5,7H2,1-3H3,(H,16,17). The zero-order chi connectivity index (χ0) is 15.4. The van der Waals surface area contributed by atoms with E-state index in [-0.39, 0.29) is 5.82 Å². The predicted octanol–water partition coefficient (Wildman–Crippen LogP) is 3.83. The third kappa shape index (κ3) is 3.54. The number of aromatic amines is 1. The van der Waals surface area contributed by atoms with E-state index in [1.807, 2.05) is 13.8 Å². The summed E-state index contributed by atoms with van der Waals surface area (Å²) in [4.78, 5) is 19.1. The maximum atomic E-state index is 11.8. The van der Waals surface area contributed by atoms with Crippen molar-refractivity contribution in [3.63, 3.8) is 0 Å². The van der Waals surface area contributed by atoms with Crippen LogP contribution in [0.15, 0.2) is 6.07 Å². The molecule has 7 heteroatoms. The number of H-pyrrole nitrogens is 1. The van der Waals surface area contributed by atoms with E-state index >= 15 is 0 Å². The summed E-state index contributed by atoms with van der Waals surface area (Å²) in [5.74, 6) is -0.254. The molecule has 1 aromatic carbocycles. The number of carbonyl (C=O) groups excluding carboxylic acids is 1. The van der Waals surface area contributed by atoms with Gasteiger partial charge in [-0.15, -0.1) is 0 Å². The molecule has 0 fully saturated rings. The molecule has 0 amide bonds. The van der Waals surface area contributed by atoms with Crippen molar-refractivity contribution >= 4 is 37.4 Å². The Morgan fingerprint density at radius 1 is 1.43 bits per heavy atom. The molecule has 0 radical (unpaired) electrons. The predicted molar refractivity (Wildman–Crippen MR) is 85.4 cm³/mol. The van der Waals surface area contributed by atoms with Crippen LogP contribution in [0.2, 0.25) is 5.02 Å². The Bertz CT molecular complexity index is 657. The van der Waals surface area contributed by atoms with E-state index in [0.717, 1.165) is 28.3 Å². The Morgan fingerprint density at radius 2 is 2.19 bits per heavy atom. The number of aromatic nitrogens is 2. The van der Waals surface area contributed by atoms with Crippen molar-refractivity contribution < 1.29 is 14.1 Å². The maximum absolute atomic E-state index is 11.8. The van der Waals surface area contributed by atoms with Crippen LogP contribution in [0.4, 0.5) is 0 Å². The largest absolute Gasteiger partial charge is 0.460 e. The highest BCUT2D eigenvalue weighted by atomic mass is 35.5. The molecule has 0 bridgehead atoms. The topological polar surface area (TPSA) is 64.2 Å². The number of ether oxygens (including phenoxy) is 1. The summed E-state index contributed by atoms with van der Waals surface area (Å²) in [6.45, 7) is 6.66. The number of nitrogens with zero attached hydrogens (tertiary/aromatic N) is 1. The van der Waals surface area contributed by atoms with Gasteiger partial charge >= 0.3 is 5.97 Å². The zero-order valence-electron chi connectivity index (χ0n) is 12.2. The molecular weight excluding hydrogens is 311 g/mol. The van der Waals surface area contributed by atoms with E-state index in [9.17, 15) is 4.79 Å². The quantitative estimate of drug-likeness (QED) is 0.497. The molecule has 21 heavy (non-hydrogen) atoms. The number of carbonyl (C=O) groups is 1. The number of nitrogens with one attached hydrogen (secondary N) is 1. The van der Waals surface area contributed by atoms with Crippen molar-refractivity contribution in [1.82, 2.24) is 9.97 Å². The second-order valence-corrected chi connectivity index (χ2v) is 5.76. The molecule has 0 aliphatic rings. The monoisotopic (exact) mass is 328 g/mol. The van der Waals surface area contributed by atoms with Gasteiger partial charge in [-0.05, 0) is 38.0 Å². The van der Waals surface area contributed by atoms with Crippen LogP contribution in [0.1, 0.15) is 35.6 Å². The average molecular weight is 329 g/mol. The molecule has 114 valence electrons. The van der Waals surface area contributed by atoms with Crippen molar-refractivity contribution in [3.8, 4) is 0 Å². The summed E-state index contributed by atoms with van der Waals surface area (Å²) in [6.07, 6.45) is 0.726. The summed E-state index contributed by atoms with van der Waals surface area (Å²) in [5.41, 5.74) is 3.48. The Balaban J connectivity index is 2.44. The fourth-order valence-electron chi connectivity index (χ4n) is 2.02. The van der Waals surface area contributed by atoms with Gasteiger partial charge in [0.15, 0.2) is 0 Å². The Hall–Kier alpha value is -1.16. The summed E-state index contributed by atoms with van der Waals surface area (Å²) in [5, 5.41) is 0.651. The lowest BCUT2D eigenvalue weighted by Gasteiger charge is -2.08. The second-order valence-electron chi connectivity index (χ2n) is 4.42. The first-order valence-electron chi connectivity index (χ1n) is 6.77. The molecule has 2 aromatic rings. The van der Waals surface area contributed by atoms with Gasteiger partial charge in [0.2, 0.25) is 5.82 Å². The SMILES string of the molecule is CCOPCc1c(C)c(Cl)cc2[nH]c(C(=O)OCC)nc12. The molecule has 1 aromatic heterocycles. The van der Waals surface area contributed by atoms with Gasteiger partial charge in [-0.1, -0.05) is 11.6 Å². The molecule has 5 nitrogen and oxygen atoms in total. The van der Waals surface area contributed by atoms with E-state index < -0.39 is 5.97 Å². The molecule has 1 heterocycles. The summed E-state index contributed by atoms with van der Waals surface area (Å²) in [6, 6.07) is 1.79. The van der Waals surface area contributed by atoms with Crippen LogP contribution in [-0.2, 0) is 15.4 Å². The summed E-state index contributed by atoms with van der Waals surface area (Å²) in [7, 11) is 0.341. The molecule has 2 rings (SSSR count). The minimum Gasteiger partial charge on any atom is -0.460 e. The maximum Gasteiger partial charge on any atom is 0.374 e. The van der Waals surface area contributed by atoms with Crippen LogP contribution in [0.25, 0.3) is 11.0 Å². The molecule has 0 spiro atoms. The Morgan fingerprint density at radius 3 is 2.86 bits per heavy atom. The van der Waals surface area contributed by atoms with E-state index in [4.69, 9.17) is 20.9 Å². The molecule has 0 aliphatic carbocycles. The van der Waals surface area contributed by atoms with Gasteiger partial charge in [-0.3, -0.25) is 0 Å². The highest BCUT2D eigenvalue weighted by Gasteiger charge is 2.17. The van der Waals surface area contributed by atoms with Crippen molar-refractivity contribution in [2.75, 3.05) is 13.2 Å². The lowest BCUT2D eigenvalue weighted by Crippen LogP contribution is -2.06. The van der Waals surface area contributed by atoms with Crippen LogP contribution in [0.3, 0.4) is 0 Å². The molecule has 0 aliphatic heterocycles. The first-order chi connectivity index (χ1) is 10.1. The highest BCUT2D eigenvalue weighted by Crippen LogP contribution is 2.32. The number of benzene rings is 1. The van der Waals surface area contributed by atoms with Gasteiger partial charge in [-0.25, -0.2) is 9.78 Å². The lowest BCUT2D eigenvalue weighted by molar-refractivity contribution is 0.0514. The van der Waals surface area contributed by atoms with E-state index in [1.165, 1.54) is 0 Å². The van der Waals surface area contributed by atoms with Crippen LogP contribution in [-0.4, -0.2) is 29.2 Å². The average Bonchev–Trinajstić information content (AvgIpc) is 2.87. The summed E-state index contributed by atoms with van der Waals surface area (Å²) >= 11 is 6.25. The molecule has 1 atom stereocenters. The molecule has 1 N–H and O–H groups in total. The van der Waals surface area contributed by atoms with Gasteiger partial charge in [-0.2, -0.15) is 0 Å². The number of imidazole rings is 1. The lowest BCUT2D eigenvalue weighted by atomic mass is 10.1. The number of halogens is 1. The van der Waals surface area contributed by atoms with Crippen LogP contribution >= 0.6 is 20.4 Å². The molecule has 0 saturated heterocycles. The molecule has 0 saturated carbocycles. The molecular formula is C14H18ClN2O3P. The van der Waals surface area contributed by atoms with Crippen LogP contribution < -0.4 is 0 Å². The number of hydrogen-bond donors (Lipinski definition) is 1. The van der Waals surface area contributed by atoms with Gasteiger partial charge in [0.05, 0.1) is 17.6 Å². The first kappa shape index (κ1) is 16.2. The van der Waals surface area contributed by atoms with Crippen molar-refractivity contribution in [2.45, 2.75) is 26.9 Å². The van der Waals surface area contributed by atoms with Crippen LogP contribution in [0, 0.1) is 6.92 Å². The minimum atomic E-state index is -0.458. The first-order valence-corrected chi connectivity index (χ1v) is 8.27. The van der Waals surface area contributed by atoms with Gasteiger partial charge < -0.3 is 14.2 Å². The number of hydrogen-bond acceptors (Lipinski definition) is 4. The third-order valence-electron chi connectivity index (χ3n) is 3.06. The fourth-order valence-corrected chi connectivity index (χ4v) is 3.12. The highest BCUT2D eigenvalue weighted by molar-refractivity contribution is 7.31. The summed E-state index contributed by atoms with van der Waals surface area (Å²) < 4.78 is 10.4. The third-order valence-corrected chi connectivity index (χ3v) is 4.45. The normalized spacial score (nSPS) is 11.6. The Kier molecular flexibility index (Phi) is 5.57.